The Morgan fingerprint density at radius 2 is 1.80 bits per heavy atom. The zero-order valence-corrected chi connectivity index (χ0v) is 20.1. The summed E-state index contributed by atoms with van der Waals surface area (Å²) in [5, 5.41) is 3.61. The number of para-hydroxylation sites is 1. The van der Waals surface area contributed by atoms with Crippen molar-refractivity contribution < 1.29 is 23.0 Å². The highest BCUT2D eigenvalue weighted by atomic mass is 32.2. The van der Waals surface area contributed by atoms with Crippen LogP contribution in [-0.2, 0) is 17.0 Å². The molecular formula is C27H24F2N2O3S. The SMILES string of the molecule is CCOC(=O)c1cnc2c(OC)cccc2c1NCc1c(F)cc(SCc2ccccc2)cc1F. The van der Waals surface area contributed by atoms with Crippen molar-refractivity contribution in [3.63, 3.8) is 0 Å². The lowest BCUT2D eigenvalue weighted by atomic mass is 10.1. The average molecular weight is 495 g/mol. The van der Waals surface area contributed by atoms with Gasteiger partial charge in [0, 0.05) is 34.3 Å². The molecule has 1 N–H and O–H groups in total. The largest absolute Gasteiger partial charge is 0.494 e. The van der Waals surface area contributed by atoms with Crippen LogP contribution in [-0.4, -0.2) is 24.7 Å². The lowest BCUT2D eigenvalue weighted by Crippen LogP contribution is -2.12. The van der Waals surface area contributed by atoms with Gasteiger partial charge in [-0.2, -0.15) is 0 Å². The molecular weight excluding hydrogens is 470 g/mol. The number of thioether (sulfide) groups is 1. The molecule has 0 saturated carbocycles. The summed E-state index contributed by atoms with van der Waals surface area (Å²) in [6.07, 6.45) is 1.38. The first kappa shape index (κ1) is 24.5. The van der Waals surface area contributed by atoms with Crippen LogP contribution in [0.3, 0.4) is 0 Å². The van der Waals surface area contributed by atoms with E-state index in [1.54, 1.807) is 25.1 Å². The van der Waals surface area contributed by atoms with E-state index >= 15 is 0 Å². The van der Waals surface area contributed by atoms with Crippen LogP contribution in [0.5, 0.6) is 5.75 Å². The minimum atomic E-state index is -0.665. The number of anilines is 1. The van der Waals surface area contributed by atoms with Crippen molar-refractivity contribution in [2.45, 2.75) is 24.1 Å². The molecule has 0 aliphatic rings. The Morgan fingerprint density at radius 1 is 1.06 bits per heavy atom. The molecule has 4 aromatic rings. The first-order valence-electron chi connectivity index (χ1n) is 11.0. The molecule has 0 saturated heterocycles. The van der Waals surface area contributed by atoms with Crippen LogP contribution < -0.4 is 10.1 Å². The molecule has 0 atom stereocenters. The maximum Gasteiger partial charge on any atom is 0.341 e. The van der Waals surface area contributed by atoms with E-state index in [-0.39, 0.29) is 24.3 Å². The number of hydrogen-bond acceptors (Lipinski definition) is 6. The van der Waals surface area contributed by atoms with Crippen molar-refractivity contribution >= 4 is 34.3 Å². The average Bonchev–Trinajstić information content (AvgIpc) is 2.87. The fourth-order valence-electron chi connectivity index (χ4n) is 3.66. The Kier molecular flexibility index (Phi) is 7.82. The summed E-state index contributed by atoms with van der Waals surface area (Å²) in [7, 11) is 1.52. The van der Waals surface area contributed by atoms with E-state index in [2.05, 4.69) is 10.3 Å². The summed E-state index contributed by atoms with van der Waals surface area (Å²) in [5.74, 6) is -0.798. The molecule has 4 rings (SSSR count). The summed E-state index contributed by atoms with van der Waals surface area (Å²) in [6.45, 7) is 1.70. The monoisotopic (exact) mass is 494 g/mol. The van der Waals surface area contributed by atoms with Gasteiger partial charge in [0.1, 0.15) is 28.5 Å². The molecule has 0 unspecified atom stereocenters. The van der Waals surface area contributed by atoms with Crippen molar-refractivity contribution in [1.29, 1.82) is 0 Å². The van der Waals surface area contributed by atoms with Gasteiger partial charge in [-0.3, -0.25) is 4.98 Å². The van der Waals surface area contributed by atoms with Gasteiger partial charge in [-0.25, -0.2) is 13.6 Å². The Labute approximate surface area is 206 Å². The van der Waals surface area contributed by atoms with E-state index in [9.17, 15) is 13.6 Å². The van der Waals surface area contributed by atoms with Crippen molar-refractivity contribution in [2.75, 3.05) is 19.0 Å². The summed E-state index contributed by atoms with van der Waals surface area (Å²) < 4.78 is 40.4. The number of ether oxygens (including phenoxy) is 2. The molecule has 1 heterocycles. The Hall–Kier alpha value is -3.65. The molecule has 0 fully saturated rings. The standard InChI is InChI=1S/C27H24F2N2O3S/c1-3-34-27(32)21-15-31-26-19(10-7-11-24(26)33-2)25(21)30-14-20-22(28)12-18(13-23(20)29)35-16-17-8-5-4-6-9-17/h4-13,15H,3,14,16H2,1-2H3,(H,30,31). The molecule has 0 aliphatic carbocycles. The summed E-state index contributed by atoms with van der Waals surface area (Å²) in [4.78, 5) is 17.4. The number of benzene rings is 3. The summed E-state index contributed by atoms with van der Waals surface area (Å²) in [6, 6.07) is 17.6. The first-order valence-corrected chi connectivity index (χ1v) is 12.0. The van der Waals surface area contributed by atoms with Crippen molar-refractivity contribution in [3.8, 4) is 5.75 Å². The third-order valence-corrected chi connectivity index (χ3v) is 6.43. The molecule has 0 bridgehead atoms. The van der Waals surface area contributed by atoms with Gasteiger partial charge in [-0.05, 0) is 30.7 Å². The van der Waals surface area contributed by atoms with Crippen molar-refractivity contribution in [3.05, 3.63) is 95.2 Å². The Balaban J connectivity index is 1.62. The van der Waals surface area contributed by atoms with E-state index in [0.717, 1.165) is 5.56 Å². The molecule has 0 spiro atoms. The Bertz CT molecular complexity index is 1330. The number of hydrogen-bond donors (Lipinski definition) is 1. The predicted molar refractivity (Wildman–Crippen MR) is 134 cm³/mol. The number of carbonyl (C=O) groups excluding carboxylic acids is 1. The maximum absolute atomic E-state index is 14.9. The molecule has 180 valence electrons. The zero-order valence-electron chi connectivity index (χ0n) is 19.3. The maximum atomic E-state index is 14.9. The molecule has 0 amide bonds. The fourth-order valence-corrected chi connectivity index (χ4v) is 4.56. The number of halogens is 2. The number of nitrogens with one attached hydrogen (secondary N) is 1. The third-order valence-electron chi connectivity index (χ3n) is 5.38. The van der Waals surface area contributed by atoms with Crippen LogP contribution in [0.15, 0.2) is 71.8 Å². The van der Waals surface area contributed by atoms with E-state index in [4.69, 9.17) is 9.47 Å². The lowest BCUT2D eigenvalue weighted by Gasteiger charge is -2.16. The van der Waals surface area contributed by atoms with Gasteiger partial charge >= 0.3 is 5.97 Å². The van der Waals surface area contributed by atoms with Gasteiger partial charge in [0.05, 0.1) is 19.4 Å². The number of carbonyl (C=O) groups is 1. The number of fused-ring (bicyclic) bond motifs is 1. The number of pyridine rings is 1. The van der Waals surface area contributed by atoms with Gasteiger partial charge in [0.15, 0.2) is 0 Å². The normalized spacial score (nSPS) is 10.9. The van der Waals surface area contributed by atoms with E-state index in [1.165, 1.54) is 37.2 Å². The van der Waals surface area contributed by atoms with Crippen LogP contribution in [0.2, 0.25) is 0 Å². The second-order valence-corrected chi connectivity index (χ2v) is 8.67. The number of esters is 1. The van der Waals surface area contributed by atoms with Crippen LogP contribution in [0.4, 0.5) is 14.5 Å². The summed E-state index contributed by atoms with van der Waals surface area (Å²) in [5.41, 5.74) is 1.99. The molecule has 0 aliphatic heterocycles. The topological polar surface area (TPSA) is 60.5 Å². The van der Waals surface area contributed by atoms with Crippen LogP contribution in [0.25, 0.3) is 10.9 Å². The smallest absolute Gasteiger partial charge is 0.341 e. The minimum absolute atomic E-state index is 0.128. The van der Waals surface area contributed by atoms with Crippen molar-refractivity contribution in [1.82, 2.24) is 4.98 Å². The van der Waals surface area contributed by atoms with E-state index < -0.39 is 17.6 Å². The molecule has 3 aromatic carbocycles. The highest BCUT2D eigenvalue weighted by Gasteiger charge is 2.20. The molecule has 1 aromatic heterocycles. The predicted octanol–water partition coefficient (Wildman–Crippen LogP) is 6.60. The highest BCUT2D eigenvalue weighted by molar-refractivity contribution is 7.98. The zero-order chi connectivity index (χ0) is 24.8. The fraction of sp³-hybridized carbons (Fsp3) is 0.185. The van der Waals surface area contributed by atoms with Crippen LogP contribution in [0.1, 0.15) is 28.4 Å². The quantitative estimate of drug-likeness (QED) is 0.209. The van der Waals surface area contributed by atoms with Crippen LogP contribution >= 0.6 is 11.8 Å². The number of methoxy groups -OCH3 is 1. The lowest BCUT2D eigenvalue weighted by molar-refractivity contribution is 0.0527. The summed E-state index contributed by atoms with van der Waals surface area (Å²) >= 11 is 1.36. The van der Waals surface area contributed by atoms with Gasteiger partial charge in [0.2, 0.25) is 0 Å². The van der Waals surface area contributed by atoms with Gasteiger partial charge < -0.3 is 14.8 Å². The highest BCUT2D eigenvalue weighted by Crippen LogP contribution is 2.33. The minimum Gasteiger partial charge on any atom is -0.494 e. The number of nitrogens with zero attached hydrogens (tertiary/aromatic N) is 1. The van der Waals surface area contributed by atoms with Crippen LogP contribution in [0, 0.1) is 11.6 Å². The second-order valence-electron chi connectivity index (χ2n) is 7.62. The first-order chi connectivity index (χ1) is 17.0. The molecule has 35 heavy (non-hydrogen) atoms. The molecule has 8 heteroatoms. The van der Waals surface area contributed by atoms with E-state index in [1.807, 2.05) is 30.3 Å². The van der Waals surface area contributed by atoms with Crippen molar-refractivity contribution in [2.24, 2.45) is 0 Å². The number of rotatable bonds is 9. The molecule has 5 nitrogen and oxygen atoms in total. The van der Waals surface area contributed by atoms with Gasteiger partial charge in [0.25, 0.3) is 0 Å². The third kappa shape index (κ3) is 5.54. The molecule has 0 radical (unpaired) electrons. The van der Waals surface area contributed by atoms with Gasteiger partial charge in [-0.15, -0.1) is 11.8 Å². The Morgan fingerprint density at radius 3 is 2.49 bits per heavy atom. The second kappa shape index (κ2) is 11.2. The van der Waals surface area contributed by atoms with Gasteiger partial charge in [-0.1, -0.05) is 42.5 Å². The number of aromatic nitrogens is 1. The van der Waals surface area contributed by atoms with E-state index in [0.29, 0.717) is 33.0 Å².